The van der Waals surface area contributed by atoms with Gasteiger partial charge in [-0.2, -0.15) is 0 Å². The molecule has 0 saturated heterocycles. The summed E-state index contributed by atoms with van der Waals surface area (Å²) in [4.78, 5) is 70.4. The number of esters is 2. The van der Waals surface area contributed by atoms with Crippen LogP contribution in [0.4, 0.5) is 0 Å². The van der Waals surface area contributed by atoms with Crippen molar-refractivity contribution in [1.82, 2.24) is 0 Å². The molecule has 2 aliphatic rings. The Hall–Kier alpha value is -3.19. The molecule has 0 amide bonds. The second kappa shape index (κ2) is 35.0. The average Bonchev–Trinajstić information content (AvgIpc) is 3.30. The van der Waals surface area contributed by atoms with Crippen LogP contribution in [-0.4, -0.2) is 120 Å². The molecule has 18 nitrogen and oxygen atoms in total. The van der Waals surface area contributed by atoms with Gasteiger partial charge >= 0.3 is 27.6 Å². The maximum atomic E-state index is 13.8. The fourth-order valence-electron chi connectivity index (χ4n) is 7.27. The van der Waals surface area contributed by atoms with Gasteiger partial charge in [-0.3, -0.25) is 28.0 Å². The highest BCUT2D eigenvalue weighted by molar-refractivity contribution is 7.47. The zero-order chi connectivity index (χ0) is 51.1. The number of aliphatic hydroxyl groups is 5. The van der Waals surface area contributed by atoms with Crippen molar-refractivity contribution in [2.75, 3.05) is 13.2 Å². The molecule has 0 aromatic heterocycles. The van der Waals surface area contributed by atoms with Crippen molar-refractivity contribution in [2.24, 2.45) is 11.8 Å². The topological polar surface area (TPSA) is 293 Å². The van der Waals surface area contributed by atoms with Gasteiger partial charge in [0.25, 0.3) is 0 Å². The number of phosphoric acid groups is 2. The van der Waals surface area contributed by atoms with E-state index in [-0.39, 0.29) is 32.1 Å². The molecular formula is C49H78O18P2. The van der Waals surface area contributed by atoms with Gasteiger partial charge in [0.15, 0.2) is 11.9 Å². The number of ether oxygens (including phenoxy) is 2. The molecule has 2 rings (SSSR count). The molecular weight excluding hydrogens is 938 g/mol. The van der Waals surface area contributed by atoms with Crippen molar-refractivity contribution in [2.45, 2.75) is 178 Å². The number of carbonyl (C=O) groups excluding carboxylic acids is 3. The summed E-state index contributed by atoms with van der Waals surface area (Å²) in [5.74, 6) is -5.40. The molecule has 0 saturated carbocycles. The standard InChI is InChI=1S/C49H78O18P2/c1-3-5-7-8-9-10-11-12-13-14-15-16-17-18-19-20-26-30-43(53)65-39-35-63-42(52)29-25-22-21-24-27-37-31-34-41(51)40(33-32-38(50)28-23-6-4-2)45(55)48(66-68(58,59)60)49(47(57)46(56)44(37)54)67-69(61,62)64-36-39/h9-10,12-13,15-16,18-19,21,24,31-34,37-40,44-50,54-57H,3-8,11,14,17,20,22-23,25-30,35-36H2,1-2H3,(H,61,62)(H2,58,59,60)/b10-9-,13-12-,16-15-,19-18-,24-21-,33-32+,34-31-/t37-,38-,39+,40-,44+,45+,46-,47+,48+,49-/m0/s1. The summed E-state index contributed by atoms with van der Waals surface area (Å²) < 4.78 is 52.1. The van der Waals surface area contributed by atoms with E-state index >= 15 is 0 Å². The second-order valence-corrected chi connectivity index (χ2v) is 19.7. The number of hydrogen-bond acceptors (Lipinski definition) is 15. The lowest BCUT2D eigenvalue weighted by Gasteiger charge is -2.38. The lowest BCUT2D eigenvalue weighted by molar-refractivity contribution is -0.163. The first-order valence-electron chi connectivity index (χ1n) is 24.2. The van der Waals surface area contributed by atoms with Crippen molar-refractivity contribution in [3.05, 3.63) is 85.1 Å². The molecule has 0 spiro atoms. The van der Waals surface area contributed by atoms with Crippen LogP contribution in [0.1, 0.15) is 129 Å². The van der Waals surface area contributed by atoms with Crippen molar-refractivity contribution in [1.29, 1.82) is 0 Å². The van der Waals surface area contributed by atoms with E-state index in [1.165, 1.54) is 31.4 Å². The predicted molar refractivity (Wildman–Crippen MR) is 259 cm³/mol. The predicted octanol–water partition coefficient (Wildman–Crippen LogP) is 7.01. The Kier molecular flexibility index (Phi) is 31.4. The molecule has 0 fully saturated rings. The summed E-state index contributed by atoms with van der Waals surface area (Å²) in [5, 5.41) is 56.5. The summed E-state index contributed by atoms with van der Waals surface area (Å²) in [6.07, 6.45) is 17.8. The van der Waals surface area contributed by atoms with Gasteiger partial charge in [-0.1, -0.05) is 125 Å². The molecule has 0 radical (unpaired) electrons. The molecule has 11 atom stereocenters. The quantitative estimate of drug-likeness (QED) is 0.0221. The van der Waals surface area contributed by atoms with Gasteiger partial charge in [0.2, 0.25) is 0 Å². The van der Waals surface area contributed by atoms with Gasteiger partial charge in [-0.15, -0.1) is 0 Å². The number of unbranched alkanes of at least 4 members (excludes halogenated alkanes) is 6. The smallest absolute Gasteiger partial charge is 0.462 e. The zero-order valence-corrected chi connectivity index (χ0v) is 41.8. The fourth-order valence-corrected chi connectivity index (χ4v) is 8.80. The third kappa shape index (κ3) is 27.3. The highest BCUT2D eigenvalue weighted by Gasteiger charge is 2.50. The third-order valence-electron chi connectivity index (χ3n) is 11.2. The highest BCUT2D eigenvalue weighted by Crippen LogP contribution is 2.49. The van der Waals surface area contributed by atoms with Gasteiger partial charge in [0.1, 0.15) is 31.0 Å². The molecule has 20 heteroatoms. The lowest BCUT2D eigenvalue weighted by atomic mass is 9.87. The monoisotopic (exact) mass is 1020 g/mol. The van der Waals surface area contributed by atoms with Crippen LogP contribution in [0.3, 0.4) is 0 Å². The van der Waals surface area contributed by atoms with E-state index in [1.54, 1.807) is 12.2 Å². The first-order valence-corrected chi connectivity index (χ1v) is 27.2. The number of fused-ring (bicyclic) bond motifs is 4. The largest absolute Gasteiger partial charge is 0.472 e. The Morgan fingerprint density at radius 1 is 0.841 bits per heavy atom. The molecule has 1 aliphatic carbocycles. The van der Waals surface area contributed by atoms with E-state index < -0.39 is 107 Å². The Labute approximate surface area is 407 Å². The average molecular weight is 1020 g/mol. The summed E-state index contributed by atoms with van der Waals surface area (Å²) >= 11 is 0. The van der Waals surface area contributed by atoms with Crippen molar-refractivity contribution < 1.29 is 86.8 Å². The van der Waals surface area contributed by atoms with Crippen LogP contribution in [0.2, 0.25) is 0 Å². The number of hydrogen-bond donors (Lipinski definition) is 8. The molecule has 0 aromatic rings. The van der Waals surface area contributed by atoms with Crippen LogP contribution >= 0.6 is 15.6 Å². The van der Waals surface area contributed by atoms with Crippen LogP contribution in [0, 0.1) is 11.8 Å². The molecule has 0 aromatic carbocycles. The van der Waals surface area contributed by atoms with E-state index in [0.717, 1.165) is 44.3 Å². The minimum atomic E-state index is -5.76. The van der Waals surface area contributed by atoms with Crippen molar-refractivity contribution in [3.63, 3.8) is 0 Å². The number of aliphatic hydroxyl groups excluding tert-OH is 5. The van der Waals surface area contributed by atoms with Gasteiger partial charge in [-0.25, -0.2) is 9.13 Å². The van der Waals surface area contributed by atoms with Crippen LogP contribution < -0.4 is 0 Å². The SMILES string of the molecule is CCCCC/C=C\C/C=C\C/C=C\C/C=C\CCCC(=O)O[C@@H]1COC(=O)CCC/C=C\C[C@H]2/C=C\C(=O)[C@H](/C=C/[C@@H](O)CCCCC)[C@@H](O)[C@@H](OP(=O)(O)O)[C@@H](OP(=O)(O)OC1)[C@H](O)[C@@H](O)[C@@H]2O. The second-order valence-electron chi connectivity index (χ2n) is 17.1. The summed E-state index contributed by atoms with van der Waals surface area (Å²) in [6.45, 7) is 2.52. The number of cyclic esters (lactones) is 1. The fraction of sp³-hybridized carbons (Fsp3) is 0.653. The number of allylic oxidation sites excluding steroid dienone is 11. The van der Waals surface area contributed by atoms with E-state index in [2.05, 4.69) is 37.3 Å². The number of phosphoric ester groups is 2. The third-order valence-corrected chi connectivity index (χ3v) is 12.7. The minimum absolute atomic E-state index is 0.0788. The van der Waals surface area contributed by atoms with Gasteiger partial charge in [0.05, 0.1) is 30.8 Å². The maximum absolute atomic E-state index is 13.8. The van der Waals surface area contributed by atoms with E-state index in [0.29, 0.717) is 32.1 Å². The van der Waals surface area contributed by atoms with Crippen molar-refractivity contribution >= 4 is 33.4 Å². The van der Waals surface area contributed by atoms with E-state index in [4.69, 9.17) is 23.0 Å². The first-order chi connectivity index (χ1) is 32.9. The minimum Gasteiger partial charge on any atom is -0.462 e. The normalized spacial score (nSPS) is 30.1. The summed E-state index contributed by atoms with van der Waals surface area (Å²) in [7, 11) is -11.4. The summed E-state index contributed by atoms with van der Waals surface area (Å²) in [5.41, 5.74) is 0. The van der Waals surface area contributed by atoms with Crippen molar-refractivity contribution in [3.8, 4) is 0 Å². The molecule has 1 aliphatic heterocycles. The van der Waals surface area contributed by atoms with E-state index in [9.17, 15) is 63.7 Å². The lowest BCUT2D eigenvalue weighted by Crippen LogP contribution is -2.56. The molecule has 392 valence electrons. The van der Waals surface area contributed by atoms with Crippen LogP contribution in [0.25, 0.3) is 0 Å². The Bertz CT molecular complexity index is 1800. The Morgan fingerprint density at radius 3 is 2.10 bits per heavy atom. The number of rotatable bonds is 23. The molecule has 1 heterocycles. The molecule has 69 heavy (non-hydrogen) atoms. The number of carbonyl (C=O) groups is 3. The molecule has 1 unspecified atom stereocenters. The zero-order valence-electron chi connectivity index (χ0n) is 40.1. The number of ketones is 1. The van der Waals surface area contributed by atoms with Gasteiger partial charge in [0, 0.05) is 18.8 Å². The van der Waals surface area contributed by atoms with Gasteiger partial charge in [-0.05, 0) is 76.7 Å². The van der Waals surface area contributed by atoms with Crippen LogP contribution in [0.15, 0.2) is 85.1 Å². The molecule has 2 bridgehead atoms. The molecule has 8 N–H and O–H groups in total. The Morgan fingerprint density at radius 2 is 1.46 bits per heavy atom. The van der Waals surface area contributed by atoms with Crippen LogP contribution in [-0.2, 0) is 46.6 Å². The Balaban J connectivity index is 2.33. The van der Waals surface area contributed by atoms with Crippen LogP contribution in [0.5, 0.6) is 0 Å². The maximum Gasteiger partial charge on any atom is 0.472 e. The van der Waals surface area contributed by atoms with E-state index in [1.807, 2.05) is 25.2 Å². The van der Waals surface area contributed by atoms with Gasteiger partial charge < -0.3 is 49.7 Å². The summed E-state index contributed by atoms with van der Waals surface area (Å²) in [6, 6.07) is 0. The highest BCUT2D eigenvalue weighted by atomic mass is 31.2. The first kappa shape index (κ1) is 61.9.